The first-order valence-electron chi connectivity index (χ1n) is 7.73. The molecule has 2 aromatic heterocycles. The number of imidazole rings is 1. The largest absolute Gasteiger partial charge is 0.468 e. The van der Waals surface area contributed by atoms with Crippen LogP contribution in [0, 0.1) is 0 Å². The predicted octanol–water partition coefficient (Wildman–Crippen LogP) is 2.70. The Hall–Kier alpha value is -2.86. The lowest BCUT2D eigenvalue weighted by Crippen LogP contribution is -2.34. The van der Waals surface area contributed by atoms with Crippen molar-refractivity contribution in [3.63, 3.8) is 0 Å². The molecule has 6 nitrogen and oxygen atoms in total. The van der Waals surface area contributed by atoms with Gasteiger partial charge in [-0.2, -0.15) is 0 Å². The fourth-order valence-corrected chi connectivity index (χ4v) is 2.60. The molecular formula is C18H20N4O2. The number of furan rings is 1. The van der Waals surface area contributed by atoms with Gasteiger partial charge in [0.25, 0.3) is 5.91 Å². The van der Waals surface area contributed by atoms with E-state index in [0.29, 0.717) is 17.9 Å². The van der Waals surface area contributed by atoms with E-state index in [1.807, 2.05) is 49.3 Å². The fourth-order valence-electron chi connectivity index (χ4n) is 2.60. The van der Waals surface area contributed by atoms with Crippen molar-refractivity contribution < 1.29 is 9.21 Å². The Labute approximate surface area is 140 Å². The van der Waals surface area contributed by atoms with Crippen molar-refractivity contribution in [2.24, 2.45) is 0 Å². The van der Waals surface area contributed by atoms with Gasteiger partial charge in [-0.15, -0.1) is 0 Å². The molecule has 0 saturated heterocycles. The Morgan fingerprint density at radius 2 is 2.12 bits per heavy atom. The van der Waals surface area contributed by atoms with E-state index in [4.69, 9.17) is 4.42 Å². The summed E-state index contributed by atoms with van der Waals surface area (Å²) in [5, 5.41) is 2.99. The predicted molar refractivity (Wildman–Crippen MR) is 91.5 cm³/mol. The monoisotopic (exact) mass is 324 g/mol. The molecule has 0 fully saturated rings. The van der Waals surface area contributed by atoms with E-state index in [1.54, 1.807) is 24.7 Å². The number of hydrogen-bond donors (Lipinski definition) is 2. The third-order valence-electron chi connectivity index (χ3n) is 3.88. The Balaban J connectivity index is 1.76. The molecule has 0 saturated carbocycles. The van der Waals surface area contributed by atoms with Crippen molar-refractivity contribution in [1.29, 1.82) is 0 Å². The van der Waals surface area contributed by atoms with E-state index in [2.05, 4.69) is 15.3 Å². The van der Waals surface area contributed by atoms with Crippen LogP contribution in [-0.4, -0.2) is 41.4 Å². The van der Waals surface area contributed by atoms with Crippen molar-refractivity contribution in [3.8, 4) is 11.4 Å². The number of benzene rings is 1. The molecular weight excluding hydrogens is 304 g/mol. The van der Waals surface area contributed by atoms with Crippen molar-refractivity contribution in [2.45, 2.75) is 6.04 Å². The Bertz CT molecular complexity index is 779. The second-order valence-corrected chi connectivity index (χ2v) is 5.69. The van der Waals surface area contributed by atoms with Crippen LogP contribution in [0.15, 0.2) is 59.5 Å². The van der Waals surface area contributed by atoms with Crippen LogP contribution in [0.2, 0.25) is 0 Å². The van der Waals surface area contributed by atoms with Crippen molar-refractivity contribution in [2.75, 3.05) is 20.6 Å². The SMILES string of the molecule is CN(C)[C@@H](CNC(=O)c1ccccc1-c1ncc[nH]1)c1ccco1. The molecule has 0 aliphatic rings. The summed E-state index contributed by atoms with van der Waals surface area (Å²) >= 11 is 0. The van der Waals surface area contributed by atoms with Crippen LogP contribution < -0.4 is 5.32 Å². The summed E-state index contributed by atoms with van der Waals surface area (Å²) in [4.78, 5) is 21.9. The average Bonchev–Trinajstić information content (AvgIpc) is 3.28. The average molecular weight is 324 g/mol. The summed E-state index contributed by atoms with van der Waals surface area (Å²) < 4.78 is 5.47. The lowest BCUT2D eigenvalue weighted by molar-refractivity contribution is 0.0939. The highest BCUT2D eigenvalue weighted by molar-refractivity contribution is 6.00. The first-order valence-corrected chi connectivity index (χ1v) is 7.73. The molecule has 0 unspecified atom stereocenters. The second kappa shape index (κ2) is 7.14. The van der Waals surface area contributed by atoms with Gasteiger partial charge in [-0.25, -0.2) is 4.98 Å². The summed E-state index contributed by atoms with van der Waals surface area (Å²) in [5.41, 5.74) is 1.36. The lowest BCUT2D eigenvalue weighted by atomic mass is 10.1. The number of rotatable bonds is 6. The maximum absolute atomic E-state index is 12.7. The first kappa shape index (κ1) is 16.0. The summed E-state index contributed by atoms with van der Waals surface area (Å²) in [6.45, 7) is 0.450. The zero-order valence-corrected chi connectivity index (χ0v) is 13.7. The van der Waals surface area contributed by atoms with Crippen LogP contribution in [0.4, 0.5) is 0 Å². The molecule has 1 aromatic carbocycles. The minimum atomic E-state index is -0.139. The first-order chi connectivity index (χ1) is 11.7. The van der Waals surface area contributed by atoms with Gasteiger partial charge in [-0.05, 0) is 32.3 Å². The third kappa shape index (κ3) is 3.38. The number of amides is 1. The summed E-state index contributed by atoms with van der Waals surface area (Å²) in [6, 6.07) is 11.1. The van der Waals surface area contributed by atoms with Gasteiger partial charge in [0.2, 0.25) is 0 Å². The standard InChI is InChI=1S/C18H20N4O2/c1-22(2)15(16-8-5-11-24-16)12-21-18(23)14-7-4-3-6-13(14)17-19-9-10-20-17/h3-11,15H,12H2,1-2H3,(H,19,20)(H,21,23)/t15-/m0/s1. The fraction of sp³-hybridized carbons (Fsp3) is 0.222. The van der Waals surface area contributed by atoms with Gasteiger partial charge in [0.05, 0.1) is 17.9 Å². The molecule has 0 bridgehead atoms. The van der Waals surface area contributed by atoms with Gasteiger partial charge >= 0.3 is 0 Å². The summed E-state index contributed by atoms with van der Waals surface area (Å²) in [6.07, 6.45) is 5.05. The van der Waals surface area contributed by atoms with Crippen LogP contribution in [0.25, 0.3) is 11.4 Å². The normalized spacial score (nSPS) is 12.3. The van der Waals surface area contributed by atoms with Crippen LogP contribution in [-0.2, 0) is 0 Å². The Morgan fingerprint density at radius 1 is 1.29 bits per heavy atom. The molecule has 1 amide bonds. The molecule has 1 atom stereocenters. The van der Waals surface area contributed by atoms with Gasteiger partial charge in [0, 0.05) is 24.5 Å². The number of nitrogens with zero attached hydrogens (tertiary/aromatic N) is 2. The number of H-pyrrole nitrogens is 1. The van der Waals surface area contributed by atoms with Crippen LogP contribution >= 0.6 is 0 Å². The van der Waals surface area contributed by atoms with E-state index in [0.717, 1.165) is 11.3 Å². The molecule has 3 aromatic rings. The highest BCUT2D eigenvalue weighted by atomic mass is 16.3. The van der Waals surface area contributed by atoms with E-state index in [1.165, 1.54) is 0 Å². The minimum Gasteiger partial charge on any atom is -0.468 e. The Kier molecular flexibility index (Phi) is 4.77. The smallest absolute Gasteiger partial charge is 0.252 e. The van der Waals surface area contributed by atoms with Crippen LogP contribution in [0.1, 0.15) is 22.2 Å². The van der Waals surface area contributed by atoms with Gasteiger partial charge in [-0.3, -0.25) is 9.69 Å². The minimum absolute atomic E-state index is 0.0280. The van der Waals surface area contributed by atoms with E-state index < -0.39 is 0 Å². The molecule has 24 heavy (non-hydrogen) atoms. The van der Waals surface area contributed by atoms with Gasteiger partial charge in [-0.1, -0.05) is 18.2 Å². The number of hydrogen-bond acceptors (Lipinski definition) is 4. The van der Waals surface area contributed by atoms with E-state index in [-0.39, 0.29) is 11.9 Å². The van der Waals surface area contributed by atoms with Crippen molar-refractivity contribution in [1.82, 2.24) is 20.2 Å². The van der Waals surface area contributed by atoms with E-state index >= 15 is 0 Å². The second-order valence-electron chi connectivity index (χ2n) is 5.69. The maximum Gasteiger partial charge on any atom is 0.252 e. The number of carbonyl (C=O) groups is 1. The Morgan fingerprint density at radius 3 is 2.79 bits per heavy atom. The van der Waals surface area contributed by atoms with Crippen LogP contribution in [0.3, 0.4) is 0 Å². The van der Waals surface area contributed by atoms with Crippen LogP contribution in [0.5, 0.6) is 0 Å². The molecule has 0 aliphatic heterocycles. The highest BCUT2D eigenvalue weighted by Crippen LogP contribution is 2.21. The van der Waals surface area contributed by atoms with Gasteiger partial charge in [0.15, 0.2) is 0 Å². The number of aromatic nitrogens is 2. The van der Waals surface area contributed by atoms with Gasteiger partial charge in [0.1, 0.15) is 11.6 Å². The zero-order valence-electron chi connectivity index (χ0n) is 13.7. The topological polar surface area (TPSA) is 74.2 Å². The summed E-state index contributed by atoms with van der Waals surface area (Å²) in [5.74, 6) is 1.36. The lowest BCUT2D eigenvalue weighted by Gasteiger charge is -2.22. The summed E-state index contributed by atoms with van der Waals surface area (Å²) in [7, 11) is 3.91. The quantitative estimate of drug-likeness (QED) is 0.731. The number of carbonyl (C=O) groups excluding carboxylic acids is 1. The molecule has 0 spiro atoms. The van der Waals surface area contributed by atoms with E-state index in [9.17, 15) is 4.79 Å². The molecule has 124 valence electrons. The maximum atomic E-state index is 12.7. The molecule has 3 rings (SSSR count). The van der Waals surface area contributed by atoms with Crippen molar-refractivity contribution in [3.05, 3.63) is 66.4 Å². The number of nitrogens with one attached hydrogen (secondary N) is 2. The number of aromatic amines is 1. The third-order valence-corrected chi connectivity index (χ3v) is 3.88. The molecule has 6 heteroatoms. The molecule has 2 N–H and O–H groups in total. The van der Waals surface area contributed by atoms with Gasteiger partial charge < -0.3 is 14.7 Å². The highest BCUT2D eigenvalue weighted by Gasteiger charge is 2.19. The number of likely N-dealkylation sites (N-methyl/N-ethyl adjacent to an activating group) is 1. The molecule has 0 aliphatic carbocycles. The zero-order chi connectivity index (χ0) is 16.9. The molecule has 2 heterocycles. The molecule has 0 radical (unpaired) electrons. The van der Waals surface area contributed by atoms with Crippen molar-refractivity contribution >= 4 is 5.91 Å².